The number of halogens is 1. The third-order valence-corrected chi connectivity index (χ3v) is 4.67. The zero-order chi connectivity index (χ0) is 18.6. The molecule has 148 valence electrons. The van der Waals surface area contributed by atoms with Gasteiger partial charge in [-0.2, -0.15) is 5.10 Å². The minimum absolute atomic E-state index is 0. The molecule has 2 aromatic heterocycles. The van der Waals surface area contributed by atoms with Crippen LogP contribution in [0.15, 0.2) is 41.8 Å². The number of nitrogens with zero attached hydrogens (tertiary/aromatic N) is 6. The first-order valence-corrected chi connectivity index (χ1v) is 9.28. The van der Waals surface area contributed by atoms with Gasteiger partial charge in [0.2, 0.25) is 0 Å². The van der Waals surface area contributed by atoms with Crippen molar-refractivity contribution in [3.05, 3.63) is 42.4 Å². The Morgan fingerprint density at radius 1 is 1.25 bits per heavy atom. The normalized spacial score (nSPS) is 13.4. The number of nitrogens with one attached hydrogen (secondary N) is 2. The number of rotatable bonds is 5. The van der Waals surface area contributed by atoms with Gasteiger partial charge in [0.05, 0.1) is 18.1 Å². The summed E-state index contributed by atoms with van der Waals surface area (Å²) in [5, 5.41) is 11.9. The van der Waals surface area contributed by atoms with Crippen LogP contribution in [0.1, 0.15) is 12.5 Å². The van der Waals surface area contributed by atoms with Crippen molar-refractivity contribution in [2.45, 2.75) is 13.3 Å². The molecule has 0 unspecified atom stereocenters. The van der Waals surface area contributed by atoms with Crippen LogP contribution < -0.4 is 15.5 Å². The van der Waals surface area contributed by atoms with Gasteiger partial charge in [0.25, 0.3) is 0 Å². The van der Waals surface area contributed by atoms with E-state index in [0.29, 0.717) is 13.1 Å². The van der Waals surface area contributed by atoms with Gasteiger partial charge in [-0.3, -0.25) is 9.67 Å². The molecule has 28 heavy (non-hydrogen) atoms. The lowest BCUT2D eigenvalue weighted by atomic mass is 10.2. The molecule has 0 bridgehead atoms. The third-order valence-electron chi connectivity index (χ3n) is 4.67. The number of hydrogen-bond acceptors (Lipinski definition) is 5. The first-order valence-electron chi connectivity index (χ1n) is 9.28. The summed E-state index contributed by atoms with van der Waals surface area (Å²) in [4.78, 5) is 15.7. The van der Waals surface area contributed by atoms with Crippen LogP contribution in [0, 0.1) is 0 Å². The van der Waals surface area contributed by atoms with Crippen molar-refractivity contribution in [1.29, 1.82) is 0 Å². The summed E-state index contributed by atoms with van der Waals surface area (Å²) in [6, 6.07) is 8.52. The topological polar surface area (TPSA) is 83.3 Å². The molecule has 9 heteroatoms. The van der Waals surface area contributed by atoms with Gasteiger partial charge < -0.3 is 15.5 Å². The van der Waals surface area contributed by atoms with Crippen LogP contribution in [-0.2, 0) is 13.5 Å². The monoisotopic (exact) mass is 492 g/mol. The highest BCUT2D eigenvalue weighted by molar-refractivity contribution is 14.0. The van der Waals surface area contributed by atoms with E-state index in [2.05, 4.69) is 61.8 Å². The number of para-hydroxylation sites is 1. The zero-order valence-electron chi connectivity index (χ0n) is 16.1. The van der Waals surface area contributed by atoms with E-state index in [9.17, 15) is 0 Å². The molecule has 2 N–H and O–H groups in total. The second-order valence-corrected chi connectivity index (χ2v) is 6.42. The summed E-state index contributed by atoms with van der Waals surface area (Å²) in [7, 11) is 1.87. The van der Waals surface area contributed by atoms with Crippen molar-refractivity contribution >= 4 is 52.5 Å². The molecule has 1 aliphatic heterocycles. The number of benzene rings is 1. The molecule has 1 aromatic carbocycles. The van der Waals surface area contributed by atoms with Gasteiger partial charge in [0.15, 0.2) is 11.6 Å². The number of anilines is 2. The molecule has 3 heterocycles. The van der Waals surface area contributed by atoms with E-state index in [1.807, 2.05) is 7.05 Å². The maximum atomic E-state index is 4.80. The molecule has 8 nitrogen and oxygen atoms in total. The second-order valence-electron chi connectivity index (χ2n) is 6.42. The SMILES string of the molecule is CCNC(=NCCNc1ncnc2c1cnn2C)N1CCc2ccccc21.I. The van der Waals surface area contributed by atoms with Gasteiger partial charge in [-0.15, -0.1) is 24.0 Å². The maximum absolute atomic E-state index is 4.80. The molecule has 4 rings (SSSR count). The van der Waals surface area contributed by atoms with E-state index < -0.39 is 0 Å². The quantitative estimate of drug-likeness (QED) is 0.247. The van der Waals surface area contributed by atoms with Gasteiger partial charge in [-0.05, 0) is 25.0 Å². The Morgan fingerprint density at radius 3 is 2.96 bits per heavy atom. The van der Waals surface area contributed by atoms with Crippen LogP contribution in [0.2, 0.25) is 0 Å². The lowest BCUT2D eigenvalue weighted by Gasteiger charge is -2.22. The molecule has 0 spiro atoms. The van der Waals surface area contributed by atoms with Crippen molar-refractivity contribution in [3.63, 3.8) is 0 Å². The standard InChI is InChI=1S/C19H24N8.HI/c1-3-20-19(27-11-8-14-6-4-5-7-16(14)27)22-10-9-21-17-15-12-25-26(2)18(15)24-13-23-17;/h4-7,12-13H,3,8-11H2,1-2H3,(H,20,22)(H,21,23,24);1H. The average Bonchev–Trinajstić information content (AvgIpc) is 3.29. The Labute approximate surface area is 181 Å². The molecule has 3 aromatic rings. The number of aryl methyl sites for hydroxylation is 1. The molecule has 0 atom stereocenters. The molecule has 0 saturated carbocycles. The Hall–Kier alpha value is -2.43. The fourth-order valence-corrected chi connectivity index (χ4v) is 3.39. The van der Waals surface area contributed by atoms with Crippen molar-refractivity contribution < 1.29 is 0 Å². The van der Waals surface area contributed by atoms with Crippen LogP contribution >= 0.6 is 24.0 Å². The van der Waals surface area contributed by atoms with E-state index in [0.717, 1.165) is 42.3 Å². The first kappa shape index (κ1) is 20.3. The molecular weight excluding hydrogens is 467 g/mol. The van der Waals surface area contributed by atoms with Gasteiger partial charge in [-0.25, -0.2) is 9.97 Å². The fourth-order valence-electron chi connectivity index (χ4n) is 3.39. The van der Waals surface area contributed by atoms with Gasteiger partial charge in [0.1, 0.15) is 12.1 Å². The first-order chi connectivity index (χ1) is 13.3. The van der Waals surface area contributed by atoms with Crippen LogP contribution in [0.25, 0.3) is 11.0 Å². The molecule has 0 amide bonds. The van der Waals surface area contributed by atoms with Gasteiger partial charge in [0, 0.05) is 32.4 Å². The largest absolute Gasteiger partial charge is 0.367 e. The second kappa shape index (κ2) is 9.18. The van der Waals surface area contributed by atoms with Gasteiger partial charge in [-0.1, -0.05) is 18.2 Å². The third kappa shape index (κ3) is 4.03. The van der Waals surface area contributed by atoms with E-state index in [1.54, 1.807) is 17.2 Å². The molecule has 0 fully saturated rings. The smallest absolute Gasteiger partial charge is 0.198 e. The van der Waals surface area contributed by atoms with Crippen LogP contribution in [0.3, 0.4) is 0 Å². The number of guanidine groups is 1. The average molecular weight is 492 g/mol. The minimum Gasteiger partial charge on any atom is -0.367 e. The lowest BCUT2D eigenvalue weighted by molar-refractivity contribution is 0.785. The number of aliphatic imine (C=N–C) groups is 1. The van der Waals surface area contributed by atoms with E-state index in [-0.39, 0.29) is 24.0 Å². The summed E-state index contributed by atoms with van der Waals surface area (Å²) in [6.45, 7) is 5.22. The predicted octanol–water partition coefficient (Wildman–Crippen LogP) is 2.42. The maximum Gasteiger partial charge on any atom is 0.198 e. The van der Waals surface area contributed by atoms with Crippen molar-refractivity contribution in [3.8, 4) is 0 Å². The Balaban J connectivity index is 0.00000225. The summed E-state index contributed by atoms with van der Waals surface area (Å²) in [5.74, 6) is 1.72. The van der Waals surface area contributed by atoms with Crippen LogP contribution in [0.5, 0.6) is 0 Å². The molecule has 0 aliphatic carbocycles. The number of hydrogen-bond donors (Lipinski definition) is 2. The van der Waals surface area contributed by atoms with Crippen molar-refractivity contribution in [2.24, 2.45) is 12.0 Å². The number of aromatic nitrogens is 4. The molecule has 0 saturated heterocycles. The molecular formula is C19H25IN8. The summed E-state index contributed by atoms with van der Waals surface area (Å²) in [6.07, 6.45) is 4.39. The Morgan fingerprint density at radius 2 is 2.11 bits per heavy atom. The van der Waals surface area contributed by atoms with E-state index >= 15 is 0 Å². The predicted molar refractivity (Wildman–Crippen MR) is 124 cm³/mol. The highest BCUT2D eigenvalue weighted by Gasteiger charge is 2.22. The summed E-state index contributed by atoms with van der Waals surface area (Å²) >= 11 is 0. The van der Waals surface area contributed by atoms with Gasteiger partial charge >= 0.3 is 0 Å². The Bertz CT molecular complexity index is 967. The zero-order valence-corrected chi connectivity index (χ0v) is 18.4. The Kier molecular flexibility index (Phi) is 6.65. The summed E-state index contributed by atoms with van der Waals surface area (Å²) in [5.41, 5.74) is 3.44. The highest BCUT2D eigenvalue weighted by Crippen LogP contribution is 2.27. The minimum atomic E-state index is 0. The molecule has 1 aliphatic rings. The van der Waals surface area contributed by atoms with Crippen molar-refractivity contribution in [2.75, 3.05) is 36.4 Å². The molecule has 0 radical (unpaired) electrons. The van der Waals surface area contributed by atoms with Crippen LogP contribution in [-0.4, -0.2) is 51.9 Å². The van der Waals surface area contributed by atoms with Crippen molar-refractivity contribution in [1.82, 2.24) is 25.1 Å². The van der Waals surface area contributed by atoms with Crippen LogP contribution in [0.4, 0.5) is 11.5 Å². The number of fused-ring (bicyclic) bond motifs is 2. The highest BCUT2D eigenvalue weighted by atomic mass is 127. The van der Waals surface area contributed by atoms with E-state index in [1.165, 1.54) is 11.3 Å². The fraction of sp³-hybridized carbons (Fsp3) is 0.368. The summed E-state index contributed by atoms with van der Waals surface area (Å²) < 4.78 is 1.74. The van der Waals surface area contributed by atoms with E-state index in [4.69, 9.17) is 4.99 Å². The lowest BCUT2D eigenvalue weighted by Crippen LogP contribution is -2.40.